The number of aryl methyl sites for hydroxylation is 2. The van der Waals surface area contributed by atoms with Crippen molar-refractivity contribution in [2.45, 2.75) is 30.2 Å². The smallest absolute Gasteiger partial charge is 0.261 e. The SMILES string of the molecule is Cc1cc(C)cc(NS(=O)(=O)c2ccc(OCC(=O)NCc3ccc(S(=O)(=O)N(C)C)cc3)cc2)c1. The number of carbonyl (C=O) groups is 1. The second-order valence-electron chi connectivity index (χ2n) is 8.45. The number of hydrogen-bond donors (Lipinski definition) is 2. The lowest BCUT2D eigenvalue weighted by Gasteiger charge is -2.12. The van der Waals surface area contributed by atoms with Gasteiger partial charge in [-0.3, -0.25) is 9.52 Å². The molecule has 0 radical (unpaired) electrons. The van der Waals surface area contributed by atoms with Crippen molar-refractivity contribution in [1.29, 1.82) is 0 Å². The van der Waals surface area contributed by atoms with Gasteiger partial charge in [-0.2, -0.15) is 0 Å². The highest BCUT2D eigenvalue weighted by Crippen LogP contribution is 2.21. The lowest BCUT2D eigenvalue weighted by Crippen LogP contribution is -2.28. The van der Waals surface area contributed by atoms with E-state index in [1.807, 2.05) is 19.9 Å². The number of sulfonamides is 2. The number of nitrogens with zero attached hydrogens (tertiary/aromatic N) is 1. The average Bonchev–Trinajstić information content (AvgIpc) is 2.81. The van der Waals surface area contributed by atoms with E-state index in [4.69, 9.17) is 4.74 Å². The first kappa shape index (κ1) is 27.2. The summed E-state index contributed by atoms with van der Waals surface area (Å²) in [5, 5.41) is 2.69. The Labute approximate surface area is 212 Å². The molecular weight excluding hydrogens is 502 g/mol. The Bertz CT molecular complexity index is 1410. The second-order valence-corrected chi connectivity index (χ2v) is 12.3. The van der Waals surface area contributed by atoms with Crippen molar-refractivity contribution in [1.82, 2.24) is 9.62 Å². The minimum atomic E-state index is -3.78. The van der Waals surface area contributed by atoms with Gasteiger partial charge in [0.2, 0.25) is 10.0 Å². The topological polar surface area (TPSA) is 122 Å². The lowest BCUT2D eigenvalue weighted by molar-refractivity contribution is -0.123. The molecule has 3 aromatic rings. The molecular formula is C25H29N3O6S2. The Hall–Kier alpha value is -3.41. The Morgan fingerprint density at radius 2 is 1.39 bits per heavy atom. The zero-order valence-electron chi connectivity index (χ0n) is 20.5. The Morgan fingerprint density at radius 3 is 1.94 bits per heavy atom. The molecule has 0 aliphatic carbocycles. The summed E-state index contributed by atoms with van der Waals surface area (Å²) in [7, 11) is -4.37. The number of amides is 1. The molecule has 3 aromatic carbocycles. The van der Waals surface area contributed by atoms with E-state index in [0.717, 1.165) is 21.0 Å². The van der Waals surface area contributed by atoms with Crippen LogP contribution in [0.3, 0.4) is 0 Å². The molecule has 11 heteroatoms. The molecule has 0 heterocycles. The molecule has 0 unspecified atom stereocenters. The number of benzene rings is 3. The maximum absolute atomic E-state index is 12.7. The van der Waals surface area contributed by atoms with Gasteiger partial charge in [0, 0.05) is 26.3 Å². The molecule has 1 amide bonds. The van der Waals surface area contributed by atoms with Gasteiger partial charge in [0.25, 0.3) is 15.9 Å². The van der Waals surface area contributed by atoms with Gasteiger partial charge in [0.05, 0.1) is 9.79 Å². The quantitative estimate of drug-likeness (QED) is 0.415. The summed E-state index contributed by atoms with van der Waals surface area (Å²) in [6.07, 6.45) is 0. The van der Waals surface area contributed by atoms with E-state index in [1.165, 1.54) is 50.5 Å². The molecule has 0 bridgehead atoms. The highest BCUT2D eigenvalue weighted by atomic mass is 32.2. The molecule has 0 aromatic heterocycles. The summed E-state index contributed by atoms with van der Waals surface area (Å²) in [6, 6.07) is 17.4. The fourth-order valence-corrected chi connectivity index (χ4v) is 5.30. The molecule has 0 aliphatic heterocycles. The van der Waals surface area contributed by atoms with E-state index in [1.54, 1.807) is 24.3 Å². The number of nitrogens with one attached hydrogen (secondary N) is 2. The van der Waals surface area contributed by atoms with Crippen LogP contribution in [0.1, 0.15) is 16.7 Å². The normalized spacial score (nSPS) is 11.8. The summed E-state index contributed by atoms with van der Waals surface area (Å²) in [5.41, 5.74) is 3.11. The van der Waals surface area contributed by atoms with Crippen molar-refractivity contribution in [2.75, 3.05) is 25.4 Å². The number of ether oxygens (including phenoxy) is 1. The first-order valence-electron chi connectivity index (χ1n) is 11.0. The van der Waals surface area contributed by atoms with Crippen LogP contribution < -0.4 is 14.8 Å². The monoisotopic (exact) mass is 531 g/mol. The summed E-state index contributed by atoms with van der Waals surface area (Å²) < 4.78 is 58.7. The van der Waals surface area contributed by atoms with Crippen molar-refractivity contribution >= 4 is 31.6 Å². The Balaban J connectivity index is 1.52. The highest BCUT2D eigenvalue weighted by molar-refractivity contribution is 7.92. The molecule has 36 heavy (non-hydrogen) atoms. The summed E-state index contributed by atoms with van der Waals surface area (Å²) in [4.78, 5) is 12.4. The first-order chi connectivity index (χ1) is 16.9. The van der Waals surface area contributed by atoms with Gasteiger partial charge in [-0.1, -0.05) is 18.2 Å². The second kappa shape index (κ2) is 11.1. The maximum atomic E-state index is 12.7. The molecule has 0 fully saturated rings. The van der Waals surface area contributed by atoms with E-state index >= 15 is 0 Å². The molecule has 2 N–H and O–H groups in total. The predicted octanol–water partition coefficient (Wildman–Crippen LogP) is 3.05. The van der Waals surface area contributed by atoms with E-state index in [2.05, 4.69) is 10.0 Å². The van der Waals surface area contributed by atoms with Crippen LogP contribution in [0.2, 0.25) is 0 Å². The fraction of sp³-hybridized carbons (Fsp3) is 0.240. The van der Waals surface area contributed by atoms with Gasteiger partial charge in [0.15, 0.2) is 6.61 Å². The van der Waals surface area contributed by atoms with Crippen LogP contribution in [0.15, 0.2) is 76.5 Å². The standard InChI is InChI=1S/C25H29N3O6S2/c1-18-13-19(2)15-21(14-18)27-35(30,31)23-11-7-22(8-12-23)34-17-25(29)26-16-20-5-9-24(10-6-20)36(32,33)28(3)4/h5-15,27H,16-17H2,1-4H3,(H,26,29). The number of rotatable bonds is 10. The number of hydrogen-bond acceptors (Lipinski definition) is 6. The molecule has 0 aliphatic rings. The molecule has 9 nitrogen and oxygen atoms in total. The van der Waals surface area contributed by atoms with E-state index in [-0.39, 0.29) is 28.8 Å². The molecule has 3 rings (SSSR count). The van der Waals surface area contributed by atoms with E-state index in [0.29, 0.717) is 11.4 Å². The van der Waals surface area contributed by atoms with Crippen LogP contribution >= 0.6 is 0 Å². The van der Waals surface area contributed by atoms with Crippen LogP contribution in [0.5, 0.6) is 5.75 Å². The minimum Gasteiger partial charge on any atom is -0.484 e. The minimum absolute atomic E-state index is 0.0678. The number of carbonyl (C=O) groups excluding carboxylic acids is 1. The van der Waals surface area contributed by atoms with Gasteiger partial charge in [-0.05, 0) is 79.1 Å². The summed E-state index contributed by atoms with van der Waals surface area (Å²) in [6.45, 7) is 3.72. The average molecular weight is 532 g/mol. The molecule has 0 spiro atoms. The summed E-state index contributed by atoms with van der Waals surface area (Å²) in [5.74, 6) is -0.0399. The Morgan fingerprint density at radius 1 is 0.833 bits per heavy atom. The van der Waals surface area contributed by atoms with Crippen molar-refractivity contribution < 1.29 is 26.4 Å². The third-order valence-electron chi connectivity index (χ3n) is 5.17. The maximum Gasteiger partial charge on any atom is 0.261 e. The van der Waals surface area contributed by atoms with Gasteiger partial charge < -0.3 is 10.1 Å². The fourth-order valence-electron chi connectivity index (χ4n) is 3.35. The van der Waals surface area contributed by atoms with Crippen LogP contribution in [0.4, 0.5) is 5.69 Å². The van der Waals surface area contributed by atoms with Gasteiger partial charge in [0.1, 0.15) is 5.75 Å². The zero-order chi connectivity index (χ0) is 26.5. The van der Waals surface area contributed by atoms with Crippen LogP contribution in [0, 0.1) is 13.8 Å². The van der Waals surface area contributed by atoms with E-state index < -0.39 is 20.0 Å². The van der Waals surface area contributed by atoms with E-state index in [9.17, 15) is 21.6 Å². The van der Waals surface area contributed by atoms with Crippen LogP contribution in [0.25, 0.3) is 0 Å². The molecule has 192 valence electrons. The summed E-state index contributed by atoms with van der Waals surface area (Å²) >= 11 is 0. The predicted molar refractivity (Wildman–Crippen MR) is 138 cm³/mol. The molecule has 0 saturated heterocycles. The van der Waals surface area contributed by atoms with Crippen molar-refractivity contribution in [3.63, 3.8) is 0 Å². The third kappa shape index (κ3) is 7.06. The third-order valence-corrected chi connectivity index (χ3v) is 8.40. The van der Waals surface area contributed by atoms with Crippen LogP contribution in [-0.2, 0) is 31.4 Å². The zero-order valence-corrected chi connectivity index (χ0v) is 22.1. The lowest BCUT2D eigenvalue weighted by atomic mass is 10.1. The number of anilines is 1. The Kier molecular flexibility index (Phi) is 8.39. The van der Waals surface area contributed by atoms with Gasteiger partial charge >= 0.3 is 0 Å². The van der Waals surface area contributed by atoms with Gasteiger partial charge in [-0.15, -0.1) is 0 Å². The first-order valence-corrected chi connectivity index (χ1v) is 13.9. The van der Waals surface area contributed by atoms with Crippen molar-refractivity contribution in [2.24, 2.45) is 0 Å². The molecule has 0 saturated carbocycles. The van der Waals surface area contributed by atoms with Gasteiger partial charge in [-0.25, -0.2) is 21.1 Å². The van der Waals surface area contributed by atoms with Crippen molar-refractivity contribution in [3.05, 3.63) is 83.4 Å². The largest absolute Gasteiger partial charge is 0.484 e. The highest BCUT2D eigenvalue weighted by Gasteiger charge is 2.17. The molecule has 0 atom stereocenters. The van der Waals surface area contributed by atoms with Crippen molar-refractivity contribution in [3.8, 4) is 5.75 Å². The van der Waals surface area contributed by atoms with Crippen LogP contribution in [-0.4, -0.2) is 47.8 Å².